The summed E-state index contributed by atoms with van der Waals surface area (Å²) in [6, 6.07) is 6.97. The highest BCUT2D eigenvalue weighted by Crippen LogP contribution is 2.51. The minimum absolute atomic E-state index is 0.0967. The summed E-state index contributed by atoms with van der Waals surface area (Å²) in [5.74, 6) is -1.77. The van der Waals surface area contributed by atoms with Crippen LogP contribution in [0.4, 0.5) is 17.6 Å². The molecule has 1 heterocycles. The number of fused-ring (bicyclic) bond motifs is 2. The third-order valence-corrected chi connectivity index (χ3v) is 6.05. The number of alkyl halides is 3. The van der Waals surface area contributed by atoms with Gasteiger partial charge in [0, 0.05) is 12.0 Å². The number of halogens is 4. The molecule has 4 rings (SSSR count). The second-order valence-electron chi connectivity index (χ2n) is 6.18. The Kier molecular flexibility index (Phi) is 4.07. The van der Waals surface area contributed by atoms with E-state index in [1.165, 1.54) is 12.1 Å². The topological polar surface area (TPSA) is 61.8 Å². The van der Waals surface area contributed by atoms with Gasteiger partial charge in [-0.2, -0.15) is 13.2 Å². The summed E-state index contributed by atoms with van der Waals surface area (Å²) in [5, 5.41) is 0. The van der Waals surface area contributed by atoms with Crippen LogP contribution in [0.15, 0.2) is 53.8 Å². The number of hydrogen-bond acceptors (Lipinski definition) is 5. The highest BCUT2D eigenvalue weighted by Gasteiger charge is 2.55. The van der Waals surface area contributed by atoms with Gasteiger partial charge in [-0.1, -0.05) is 0 Å². The summed E-state index contributed by atoms with van der Waals surface area (Å²) in [7, 11) is -5.65. The van der Waals surface area contributed by atoms with E-state index in [0.29, 0.717) is 0 Å². The van der Waals surface area contributed by atoms with Crippen molar-refractivity contribution in [1.29, 1.82) is 0 Å². The van der Waals surface area contributed by atoms with Crippen molar-refractivity contribution in [3.05, 3.63) is 65.9 Å². The van der Waals surface area contributed by atoms with Crippen molar-refractivity contribution in [2.75, 3.05) is 0 Å². The Hall–Kier alpha value is -2.75. The number of hydrogen-bond donors (Lipinski definition) is 0. The molecule has 0 saturated heterocycles. The summed E-state index contributed by atoms with van der Waals surface area (Å²) < 4.78 is 93.3. The fourth-order valence-electron chi connectivity index (χ4n) is 3.30. The van der Waals surface area contributed by atoms with Crippen LogP contribution in [-0.4, -0.2) is 13.9 Å². The molecule has 0 radical (unpaired) electrons. The standard InChI is InChI=1S/C18H12F4O5S/c19-11-1-3-12(4-2-11)27-14-5-6-15(28(23,24)18(20,21)22)16-13(14)7-8-17(16)25-9-10-26-17/h1-6,9-10H,7-8H2. The quantitative estimate of drug-likeness (QED) is 0.688. The Balaban J connectivity index is 1.87. The van der Waals surface area contributed by atoms with Crippen LogP contribution in [-0.2, 0) is 31.5 Å². The Morgan fingerprint density at radius 2 is 1.64 bits per heavy atom. The highest BCUT2D eigenvalue weighted by atomic mass is 32.2. The van der Waals surface area contributed by atoms with E-state index in [1.54, 1.807) is 0 Å². The molecule has 2 aromatic carbocycles. The van der Waals surface area contributed by atoms with E-state index >= 15 is 0 Å². The zero-order chi connectivity index (χ0) is 20.2. The van der Waals surface area contributed by atoms with E-state index < -0.39 is 31.8 Å². The van der Waals surface area contributed by atoms with Gasteiger partial charge in [-0.15, -0.1) is 0 Å². The van der Waals surface area contributed by atoms with Crippen molar-refractivity contribution in [2.24, 2.45) is 0 Å². The van der Waals surface area contributed by atoms with E-state index in [0.717, 1.165) is 36.8 Å². The van der Waals surface area contributed by atoms with Crippen LogP contribution in [0.5, 0.6) is 11.5 Å². The summed E-state index contributed by atoms with van der Waals surface area (Å²) >= 11 is 0. The van der Waals surface area contributed by atoms with E-state index in [2.05, 4.69) is 0 Å². The van der Waals surface area contributed by atoms with Crippen molar-refractivity contribution >= 4 is 9.84 Å². The van der Waals surface area contributed by atoms with Crippen molar-refractivity contribution in [3.8, 4) is 11.5 Å². The monoisotopic (exact) mass is 416 g/mol. The van der Waals surface area contributed by atoms with Gasteiger partial charge in [0.1, 0.15) is 29.8 Å². The van der Waals surface area contributed by atoms with E-state index in [1.807, 2.05) is 0 Å². The molecule has 1 aliphatic heterocycles. The fraction of sp³-hybridized carbons (Fsp3) is 0.222. The van der Waals surface area contributed by atoms with Crippen LogP contribution in [0.3, 0.4) is 0 Å². The molecule has 0 atom stereocenters. The molecule has 1 aliphatic carbocycles. The number of ether oxygens (including phenoxy) is 3. The van der Waals surface area contributed by atoms with Crippen LogP contribution in [0, 0.1) is 5.82 Å². The first-order chi connectivity index (χ1) is 13.1. The fourth-order valence-corrected chi connectivity index (χ4v) is 4.34. The van der Waals surface area contributed by atoms with Crippen LogP contribution in [0.2, 0.25) is 0 Å². The minimum Gasteiger partial charge on any atom is -0.457 e. The maximum Gasteiger partial charge on any atom is 0.501 e. The lowest BCUT2D eigenvalue weighted by Gasteiger charge is -2.26. The molecule has 2 aliphatic rings. The van der Waals surface area contributed by atoms with Crippen LogP contribution in [0.1, 0.15) is 17.5 Å². The smallest absolute Gasteiger partial charge is 0.457 e. The SMILES string of the molecule is O=S(=O)(c1ccc(Oc2ccc(F)cc2)c2c1C1(CC2)OC=CO1)C(F)(F)F. The summed E-state index contributed by atoms with van der Waals surface area (Å²) in [4.78, 5) is -0.942. The Morgan fingerprint density at radius 3 is 2.25 bits per heavy atom. The van der Waals surface area contributed by atoms with Gasteiger partial charge in [0.2, 0.25) is 0 Å². The number of sulfone groups is 1. The molecule has 0 amide bonds. The van der Waals surface area contributed by atoms with Crippen molar-refractivity contribution in [3.63, 3.8) is 0 Å². The largest absolute Gasteiger partial charge is 0.501 e. The average molecular weight is 416 g/mol. The summed E-state index contributed by atoms with van der Waals surface area (Å²) in [6.45, 7) is 0. The third-order valence-electron chi connectivity index (χ3n) is 4.52. The van der Waals surface area contributed by atoms with Crippen LogP contribution >= 0.6 is 0 Å². The second-order valence-corrected chi connectivity index (χ2v) is 8.09. The maximum atomic E-state index is 13.2. The molecule has 10 heteroatoms. The Bertz CT molecular complexity index is 1050. The molecule has 0 unspecified atom stereocenters. The molecule has 2 aromatic rings. The van der Waals surface area contributed by atoms with Gasteiger partial charge in [-0.3, -0.25) is 0 Å². The number of benzene rings is 2. The maximum absolute atomic E-state index is 13.2. The highest BCUT2D eigenvalue weighted by molar-refractivity contribution is 7.92. The Morgan fingerprint density at radius 1 is 1.00 bits per heavy atom. The zero-order valence-electron chi connectivity index (χ0n) is 14.0. The molecule has 28 heavy (non-hydrogen) atoms. The van der Waals surface area contributed by atoms with E-state index in [-0.39, 0.29) is 35.5 Å². The zero-order valence-corrected chi connectivity index (χ0v) is 14.8. The van der Waals surface area contributed by atoms with Gasteiger partial charge in [0.25, 0.3) is 15.6 Å². The first-order valence-electron chi connectivity index (χ1n) is 8.06. The van der Waals surface area contributed by atoms with Gasteiger partial charge in [-0.25, -0.2) is 12.8 Å². The van der Waals surface area contributed by atoms with Crippen molar-refractivity contribution < 1.29 is 40.2 Å². The molecular weight excluding hydrogens is 404 g/mol. The van der Waals surface area contributed by atoms with E-state index in [9.17, 15) is 26.0 Å². The summed E-state index contributed by atoms with van der Waals surface area (Å²) in [5.41, 5.74) is -5.51. The molecular formula is C18H12F4O5S. The van der Waals surface area contributed by atoms with Crippen molar-refractivity contribution in [1.82, 2.24) is 0 Å². The van der Waals surface area contributed by atoms with Gasteiger partial charge in [0.15, 0.2) is 0 Å². The van der Waals surface area contributed by atoms with E-state index in [4.69, 9.17) is 14.2 Å². The average Bonchev–Trinajstić information content (AvgIpc) is 3.25. The summed E-state index contributed by atoms with van der Waals surface area (Å²) in [6.07, 6.45) is 2.55. The molecule has 148 valence electrons. The lowest BCUT2D eigenvalue weighted by Crippen LogP contribution is -2.30. The normalized spacial score (nSPS) is 17.3. The first kappa shape index (κ1) is 18.6. The number of rotatable bonds is 3. The lowest BCUT2D eigenvalue weighted by molar-refractivity contribution is -0.149. The molecule has 0 fully saturated rings. The molecule has 5 nitrogen and oxygen atoms in total. The first-order valence-corrected chi connectivity index (χ1v) is 9.54. The second kappa shape index (κ2) is 6.13. The van der Waals surface area contributed by atoms with Crippen molar-refractivity contribution in [2.45, 2.75) is 29.0 Å². The van der Waals surface area contributed by atoms with Gasteiger partial charge in [-0.05, 0) is 42.8 Å². The molecule has 0 saturated carbocycles. The molecule has 1 spiro atoms. The predicted octanol–water partition coefficient (Wildman–Crippen LogP) is 4.53. The predicted molar refractivity (Wildman–Crippen MR) is 87.5 cm³/mol. The lowest BCUT2D eigenvalue weighted by atomic mass is 10.1. The minimum atomic E-state index is -5.65. The molecule has 0 bridgehead atoms. The molecule has 0 N–H and O–H groups in total. The van der Waals surface area contributed by atoms with Gasteiger partial charge in [0.05, 0.1) is 10.5 Å². The van der Waals surface area contributed by atoms with Gasteiger partial charge < -0.3 is 14.2 Å². The molecule has 0 aromatic heterocycles. The van der Waals surface area contributed by atoms with Crippen LogP contribution in [0.25, 0.3) is 0 Å². The van der Waals surface area contributed by atoms with Gasteiger partial charge >= 0.3 is 5.51 Å². The van der Waals surface area contributed by atoms with Crippen LogP contribution < -0.4 is 4.74 Å². The Labute approximate surface area is 157 Å². The third kappa shape index (κ3) is 2.79.